The van der Waals surface area contributed by atoms with Crippen LogP contribution < -0.4 is 0 Å². The third-order valence-electron chi connectivity index (χ3n) is 4.63. The molecule has 0 N–H and O–H groups in total. The average molecular weight is 483 g/mol. The van der Waals surface area contributed by atoms with Crippen molar-refractivity contribution in [3.05, 3.63) is 32.8 Å². The Hall–Kier alpha value is -1.55. The van der Waals surface area contributed by atoms with Gasteiger partial charge in [0.15, 0.2) is 5.69 Å². The van der Waals surface area contributed by atoms with Crippen LogP contribution in [0, 0.1) is 0 Å². The Balaban J connectivity index is 1.68. The fourth-order valence-corrected chi connectivity index (χ4v) is 3.80. The Kier molecular flexibility index (Phi) is 6.09. The second kappa shape index (κ2) is 8.06. The van der Waals surface area contributed by atoms with E-state index in [0.29, 0.717) is 18.8 Å². The largest absolute Gasteiger partial charge is 0.436 e. The van der Waals surface area contributed by atoms with Crippen molar-refractivity contribution in [1.82, 2.24) is 24.5 Å². The number of amides is 1. The van der Waals surface area contributed by atoms with Crippen LogP contribution in [0.4, 0.5) is 13.2 Å². The van der Waals surface area contributed by atoms with Crippen molar-refractivity contribution in [2.45, 2.75) is 57.9 Å². The molecule has 1 saturated carbocycles. The lowest BCUT2D eigenvalue weighted by Crippen LogP contribution is -2.28. The fraction of sp³-hybridized carbons (Fsp3) is 0.588. The molecule has 154 valence electrons. The van der Waals surface area contributed by atoms with Gasteiger partial charge in [-0.3, -0.25) is 14.2 Å². The van der Waals surface area contributed by atoms with Crippen LogP contribution in [0.1, 0.15) is 49.2 Å². The van der Waals surface area contributed by atoms with Gasteiger partial charge in [-0.05, 0) is 35.7 Å². The molecule has 2 aromatic heterocycles. The molecule has 0 atom stereocenters. The van der Waals surface area contributed by atoms with Gasteiger partial charge in [0, 0.05) is 32.1 Å². The predicted octanol–water partition coefficient (Wildman–Crippen LogP) is 4.46. The van der Waals surface area contributed by atoms with E-state index in [-0.39, 0.29) is 29.8 Å². The van der Waals surface area contributed by atoms with Crippen LogP contribution in [-0.4, -0.2) is 37.4 Å². The molecule has 3 rings (SSSR count). The summed E-state index contributed by atoms with van der Waals surface area (Å²) < 4.78 is 43.2. The minimum absolute atomic E-state index is 0.0158. The van der Waals surface area contributed by atoms with Gasteiger partial charge < -0.3 is 4.90 Å². The highest BCUT2D eigenvalue weighted by Crippen LogP contribution is 2.46. The summed E-state index contributed by atoms with van der Waals surface area (Å²) in [5.74, 6) is -0.224. The molecule has 0 unspecified atom stereocenters. The third-order valence-corrected chi connectivity index (χ3v) is 5.66. The van der Waals surface area contributed by atoms with Gasteiger partial charge in [0.05, 0.1) is 34.0 Å². The van der Waals surface area contributed by atoms with Crippen LogP contribution in [0.25, 0.3) is 0 Å². The maximum absolute atomic E-state index is 13.1. The molecule has 0 spiro atoms. The highest BCUT2D eigenvalue weighted by Gasteiger charge is 2.42. The number of hydrogen-bond acceptors (Lipinski definition) is 3. The molecule has 0 aliphatic heterocycles. The number of aryl methyl sites for hydroxylation is 2. The lowest BCUT2D eigenvalue weighted by molar-refractivity contribution is -0.141. The maximum atomic E-state index is 13.1. The van der Waals surface area contributed by atoms with Gasteiger partial charge in [-0.15, -0.1) is 0 Å². The number of nitrogens with zero attached hydrogens (tertiary/aromatic N) is 5. The van der Waals surface area contributed by atoms with Crippen molar-refractivity contribution in [3.8, 4) is 0 Å². The summed E-state index contributed by atoms with van der Waals surface area (Å²) in [6.07, 6.45) is -1.19. The molecule has 6 nitrogen and oxygen atoms in total. The van der Waals surface area contributed by atoms with Gasteiger partial charge >= 0.3 is 6.18 Å². The summed E-state index contributed by atoms with van der Waals surface area (Å²) in [6, 6.07) is 0. The first kappa shape index (κ1) is 21.2. The summed E-state index contributed by atoms with van der Waals surface area (Å²) in [6.45, 7) is 3.02. The van der Waals surface area contributed by atoms with E-state index in [1.165, 1.54) is 9.58 Å². The van der Waals surface area contributed by atoms with Gasteiger partial charge in [-0.1, -0.05) is 11.6 Å². The Morgan fingerprint density at radius 1 is 1.39 bits per heavy atom. The summed E-state index contributed by atoms with van der Waals surface area (Å²) in [7, 11) is 1.64. The number of rotatable bonds is 7. The molecule has 0 saturated heterocycles. The van der Waals surface area contributed by atoms with Crippen molar-refractivity contribution in [2.75, 3.05) is 7.05 Å². The predicted molar refractivity (Wildman–Crippen MR) is 101 cm³/mol. The Morgan fingerprint density at radius 2 is 2.07 bits per heavy atom. The summed E-state index contributed by atoms with van der Waals surface area (Å²) >= 11 is 9.37. The second-order valence-electron chi connectivity index (χ2n) is 6.82. The van der Waals surface area contributed by atoms with E-state index in [4.69, 9.17) is 11.6 Å². The molecular weight excluding hydrogens is 463 g/mol. The standard InChI is InChI=1S/C17H20BrClF3N5O/c1-3-26-8-11(18)12(23-26)9-25(2)13(28)6-7-27-15(10-4-5-10)14(19)16(24-27)17(20,21)22/h8,10H,3-7,9H2,1-2H3. The zero-order chi connectivity index (χ0) is 20.6. The first-order chi connectivity index (χ1) is 13.1. The number of halogens is 5. The number of hydrogen-bond donors (Lipinski definition) is 0. The van der Waals surface area contributed by atoms with Crippen molar-refractivity contribution >= 4 is 33.4 Å². The fourth-order valence-electron chi connectivity index (χ4n) is 2.96. The van der Waals surface area contributed by atoms with Crippen molar-refractivity contribution in [3.63, 3.8) is 0 Å². The monoisotopic (exact) mass is 481 g/mol. The van der Waals surface area contributed by atoms with Crippen LogP contribution in [0.5, 0.6) is 0 Å². The van der Waals surface area contributed by atoms with E-state index < -0.39 is 11.9 Å². The van der Waals surface area contributed by atoms with E-state index in [1.807, 2.05) is 13.1 Å². The Bertz CT molecular complexity index is 875. The molecule has 1 fully saturated rings. The molecule has 1 aliphatic carbocycles. The van der Waals surface area contributed by atoms with Crippen molar-refractivity contribution < 1.29 is 18.0 Å². The zero-order valence-corrected chi connectivity index (χ0v) is 17.8. The van der Waals surface area contributed by atoms with Crippen LogP contribution in [0.3, 0.4) is 0 Å². The van der Waals surface area contributed by atoms with E-state index in [0.717, 1.165) is 23.0 Å². The van der Waals surface area contributed by atoms with E-state index >= 15 is 0 Å². The quantitative estimate of drug-likeness (QED) is 0.585. The highest BCUT2D eigenvalue weighted by atomic mass is 79.9. The van der Waals surface area contributed by atoms with E-state index in [9.17, 15) is 18.0 Å². The lowest BCUT2D eigenvalue weighted by Gasteiger charge is -2.16. The van der Waals surface area contributed by atoms with Gasteiger partial charge in [0.1, 0.15) is 0 Å². The number of carbonyl (C=O) groups is 1. The minimum Gasteiger partial charge on any atom is -0.340 e. The summed E-state index contributed by atoms with van der Waals surface area (Å²) in [5, 5.41) is 7.68. The van der Waals surface area contributed by atoms with Gasteiger partial charge in [0.25, 0.3) is 0 Å². The first-order valence-electron chi connectivity index (χ1n) is 8.91. The van der Waals surface area contributed by atoms with Crippen LogP contribution >= 0.6 is 27.5 Å². The van der Waals surface area contributed by atoms with E-state index in [2.05, 4.69) is 26.1 Å². The molecule has 0 aromatic carbocycles. The van der Waals surface area contributed by atoms with Crippen molar-refractivity contribution in [2.24, 2.45) is 0 Å². The number of carbonyl (C=O) groups excluding carboxylic acids is 1. The molecule has 1 aliphatic rings. The van der Waals surface area contributed by atoms with Crippen LogP contribution in [0.15, 0.2) is 10.7 Å². The average Bonchev–Trinajstić information content (AvgIpc) is 3.30. The molecule has 11 heteroatoms. The normalized spacial score (nSPS) is 14.5. The van der Waals surface area contributed by atoms with E-state index in [1.54, 1.807) is 11.7 Å². The topological polar surface area (TPSA) is 56.0 Å². The molecule has 0 radical (unpaired) electrons. The molecular formula is C17H20BrClF3N5O. The Labute approximate surface area is 173 Å². The second-order valence-corrected chi connectivity index (χ2v) is 8.05. The molecule has 28 heavy (non-hydrogen) atoms. The molecule has 2 aromatic rings. The minimum atomic E-state index is -4.61. The SMILES string of the molecule is CCn1cc(Br)c(CN(C)C(=O)CCn2nc(C(F)(F)F)c(Cl)c2C2CC2)n1. The number of alkyl halides is 3. The van der Waals surface area contributed by atoms with Gasteiger partial charge in [0.2, 0.25) is 5.91 Å². The molecule has 2 heterocycles. The smallest absolute Gasteiger partial charge is 0.340 e. The van der Waals surface area contributed by atoms with Gasteiger partial charge in [-0.25, -0.2) is 0 Å². The van der Waals surface area contributed by atoms with Gasteiger partial charge in [-0.2, -0.15) is 23.4 Å². The third kappa shape index (κ3) is 4.53. The molecule has 1 amide bonds. The van der Waals surface area contributed by atoms with Crippen LogP contribution in [0.2, 0.25) is 5.02 Å². The Morgan fingerprint density at radius 3 is 2.61 bits per heavy atom. The molecule has 0 bridgehead atoms. The zero-order valence-electron chi connectivity index (χ0n) is 15.4. The van der Waals surface area contributed by atoms with Crippen molar-refractivity contribution in [1.29, 1.82) is 0 Å². The summed E-state index contributed by atoms with van der Waals surface area (Å²) in [4.78, 5) is 14.0. The lowest BCUT2D eigenvalue weighted by atomic mass is 10.2. The van der Waals surface area contributed by atoms with Crippen LogP contribution in [-0.2, 0) is 30.6 Å². The summed E-state index contributed by atoms with van der Waals surface area (Å²) in [5.41, 5.74) is 0.0256. The first-order valence-corrected chi connectivity index (χ1v) is 10.1. The maximum Gasteiger partial charge on any atom is 0.436 e. The number of aromatic nitrogens is 4. The highest BCUT2D eigenvalue weighted by molar-refractivity contribution is 9.10.